The highest BCUT2D eigenvalue weighted by atomic mass is 35.5. The van der Waals surface area contributed by atoms with Crippen molar-refractivity contribution in [3.05, 3.63) is 58.7 Å². The maximum absolute atomic E-state index is 11.0. The Bertz CT molecular complexity index is 587. The minimum absolute atomic E-state index is 0.126. The van der Waals surface area contributed by atoms with Crippen LogP contribution in [0.4, 0.5) is 5.82 Å². The lowest BCUT2D eigenvalue weighted by Gasteiger charge is -2.18. The molecule has 2 rings (SSSR count). The Morgan fingerprint density at radius 3 is 2.58 bits per heavy atom. The molecule has 0 aliphatic heterocycles. The van der Waals surface area contributed by atoms with Crippen molar-refractivity contribution in [3.8, 4) is 0 Å². The second kappa shape index (κ2) is 5.71. The van der Waals surface area contributed by atoms with Crippen LogP contribution in [0.3, 0.4) is 0 Å². The predicted molar refractivity (Wildman–Crippen MR) is 74.8 cm³/mol. The van der Waals surface area contributed by atoms with E-state index in [2.05, 4.69) is 4.98 Å². The molecular weight excluding hydrogens is 264 g/mol. The summed E-state index contributed by atoms with van der Waals surface area (Å²) in [5.41, 5.74) is 0.998. The van der Waals surface area contributed by atoms with Crippen molar-refractivity contribution in [1.82, 2.24) is 4.98 Å². The summed E-state index contributed by atoms with van der Waals surface area (Å²) < 4.78 is 0. The van der Waals surface area contributed by atoms with Gasteiger partial charge in [0.25, 0.3) is 0 Å². The summed E-state index contributed by atoms with van der Waals surface area (Å²) in [6.07, 6.45) is 0. The lowest BCUT2D eigenvalue weighted by atomic mass is 10.2. The third-order valence-corrected chi connectivity index (χ3v) is 2.99. The number of hydrogen-bond acceptors (Lipinski definition) is 3. The zero-order valence-electron chi connectivity index (χ0n) is 10.4. The Hall–Kier alpha value is -2.07. The molecule has 1 aromatic carbocycles. The summed E-state index contributed by atoms with van der Waals surface area (Å²) in [5.74, 6) is -0.550. The van der Waals surface area contributed by atoms with Gasteiger partial charge in [0, 0.05) is 13.6 Å². The van der Waals surface area contributed by atoms with E-state index in [1.54, 1.807) is 12.1 Å². The molecule has 1 aromatic heterocycles. The van der Waals surface area contributed by atoms with Crippen molar-refractivity contribution in [1.29, 1.82) is 0 Å². The summed E-state index contributed by atoms with van der Waals surface area (Å²) >= 11 is 5.79. The first-order chi connectivity index (χ1) is 9.08. The molecular formula is C14H13ClN2O2. The molecule has 2 aromatic rings. The van der Waals surface area contributed by atoms with Crippen molar-refractivity contribution in [2.24, 2.45) is 0 Å². The van der Waals surface area contributed by atoms with Gasteiger partial charge in [-0.2, -0.15) is 0 Å². The first kappa shape index (κ1) is 13.4. The van der Waals surface area contributed by atoms with Crippen LogP contribution in [-0.4, -0.2) is 23.1 Å². The smallest absolute Gasteiger partial charge is 0.356 e. The molecule has 0 bridgehead atoms. The first-order valence-electron chi connectivity index (χ1n) is 5.73. The van der Waals surface area contributed by atoms with Gasteiger partial charge < -0.3 is 10.0 Å². The van der Waals surface area contributed by atoms with Gasteiger partial charge in [0.1, 0.15) is 5.82 Å². The largest absolute Gasteiger partial charge is 0.476 e. The fourth-order valence-electron chi connectivity index (χ4n) is 1.73. The van der Waals surface area contributed by atoms with E-state index in [1.807, 2.05) is 42.3 Å². The maximum Gasteiger partial charge on any atom is 0.356 e. The molecule has 5 heteroatoms. The van der Waals surface area contributed by atoms with Crippen molar-refractivity contribution in [3.63, 3.8) is 0 Å². The van der Waals surface area contributed by atoms with E-state index in [-0.39, 0.29) is 10.7 Å². The zero-order valence-corrected chi connectivity index (χ0v) is 11.1. The van der Waals surface area contributed by atoms with E-state index in [0.717, 1.165) is 5.56 Å². The topological polar surface area (TPSA) is 53.4 Å². The first-order valence-corrected chi connectivity index (χ1v) is 6.10. The number of carboxylic acid groups (broad SMARTS) is 1. The van der Waals surface area contributed by atoms with Crippen molar-refractivity contribution in [2.45, 2.75) is 6.54 Å². The minimum Gasteiger partial charge on any atom is -0.476 e. The van der Waals surface area contributed by atoms with Crippen LogP contribution in [0, 0.1) is 0 Å². The molecule has 98 valence electrons. The van der Waals surface area contributed by atoms with E-state index in [4.69, 9.17) is 16.7 Å². The van der Waals surface area contributed by atoms with Crippen LogP contribution in [0.2, 0.25) is 5.02 Å². The van der Waals surface area contributed by atoms with Crippen molar-refractivity contribution < 1.29 is 9.90 Å². The lowest BCUT2D eigenvalue weighted by molar-refractivity contribution is 0.0691. The molecule has 0 amide bonds. The van der Waals surface area contributed by atoms with Gasteiger partial charge in [0.2, 0.25) is 0 Å². The molecule has 4 nitrogen and oxygen atoms in total. The lowest BCUT2D eigenvalue weighted by Crippen LogP contribution is -2.18. The summed E-state index contributed by atoms with van der Waals surface area (Å²) in [5, 5.41) is 9.14. The molecule has 0 spiro atoms. The number of aromatic nitrogens is 1. The number of rotatable bonds is 4. The van der Waals surface area contributed by atoms with Gasteiger partial charge in [-0.25, -0.2) is 9.78 Å². The Labute approximate surface area is 116 Å². The van der Waals surface area contributed by atoms with Gasteiger partial charge in [-0.3, -0.25) is 0 Å². The summed E-state index contributed by atoms with van der Waals surface area (Å²) in [6, 6.07) is 13.1. The molecule has 0 atom stereocenters. The fraction of sp³-hybridized carbons (Fsp3) is 0.143. The van der Waals surface area contributed by atoms with Crippen molar-refractivity contribution in [2.75, 3.05) is 11.9 Å². The molecule has 0 saturated carbocycles. The quantitative estimate of drug-likeness (QED) is 0.932. The summed E-state index contributed by atoms with van der Waals surface area (Å²) in [6.45, 7) is 0.647. The molecule has 0 unspecified atom stereocenters. The molecule has 0 saturated heterocycles. The van der Waals surface area contributed by atoms with E-state index in [9.17, 15) is 4.79 Å². The average Bonchev–Trinajstić information content (AvgIpc) is 2.40. The number of carbonyl (C=O) groups is 1. The number of nitrogens with zero attached hydrogens (tertiary/aromatic N) is 2. The third-order valence-electron chi connectivity index (χ3n) is 2.69. The van der Waals surface area contributed by atoms with Crippen LogP contribution >= 0.6 is 11.6 Å². The van der Waals surface area contributed by atoms with Gasteiger partial charge >= 0.3 is 5.97 Å². The van der Waals surface area contributed by atoms with Crippen LogP contribution in [-0.2, 0) is 6.54 Å². The molecule has 1 N–H and O–H groups in total. The predicted octanol–water partition coefficient (Wildman–Crippen LogP) is 3.07. The molecule has 1 heterocycles. The number of anilines is 1. The van der Waals surface area contributed by atoms with Crippen LogP contribution < -0.4 is 4.90 Å². The number of aromatic carboxylic acids is 1. The second-order valence-electron chi connectivity index (χ2n) is 4.15. The summed E-state index contributed by atoms with van der Waals surface area (Å²) in [4.78, 5) is 16.9. The highest BCUT2D eigenvalue weighted by molar-refractivity contribution is 6.33. The highest BCUT2D eigenvalue weighted by Gasteiger charge is 2.13. The maximum atomic E-state index is 11.0. The minimum atomic E-state index is -1.13. The third kappa shape index (κ3) is 3.23. The highest BCUT2D eigenvalue weighted by Crippen LogP contribution is 2.19. The average molecular weight is 277 g/mol. The Morgan fingerprint density at radius 1 is 1.26 bits per heavy atom. The number of hydrogen-bond donors (Lipinski definition) is 1. The van der Waals surface area contributed by atoms with Crippen molar-refractivity contribution >= 4 is 23.4 Å². The normalized spacial score (nSPS) is 10.2. The SMILES string of the molecule is CN(Cc1ccccc1)c1ccc(Cl)c(C(=O)O)n1. The standard InChI is InChI=1S/C14H13ClN2O2/c1-17(9-10-5-3-2-4-6-10)12-8-7-11(15)13(16-12)14(18)19/h2-8H,9H2,1H3,(H,18,19). The number of carboxylic acids is 1. The van der Waals surface area contributed by atoms with Gasteiger partial charge in [0.15, 0.2) is 5.69 Å². The number of halogens is 1. The molecule has 19 heavy (non-hydrogen) atoms. The monoisotopic (exact) mass is 276 g/mol. The van der Waals surface area contributed by atoms with Gasteiger partial charge in [-0.15, -0.1) is 0 Å². The van der Waals surface area contributed by atoms with Gasteiger partial charge in [-0.05, 0) is 17.7 Å². The Balaban J connectivity index is 2.22. The van der Waals surface area contributed by atoms with Gasteiger partial charge in [-0.1, -0.05) is 41.9 Å². The second-order valence-corrected chi connectivity index (χ2v) is 4.55. The van der Waals surface area contributed by atoms with Gasteiger partial charge in [0.05, 0.1) is 5.02 Å². The van der Waals surface area contributed by atoms with Crippen LogP contribution in [0.15, 0.2) is 42.5 Å². The number of benzene rings is 1. The number of pyridine rings is 1. The fourth-order valence-corrected chi connectivity index (χ4v) is 1.92. The summed E-state index contributed by atoms with van der Waals surface area (Å²) in [7, 11) is 1.86. The van der Waals surface area contributed by atoms with Crippen LogP contribution in [0.5, 0.6) is 0 Å². The Morgan fingerprint density at radius 2 is 1.95 bits per heavy atom. The van der Waals surface area contributed by atoms with E-state index in [0.29, 0.717) is 12.4 Å². The van der Waals surface area contributed by atoms with Crippen LogP contribution in [0.25, 0.3) is 0 Å². The molecule has 0 radical (unpaired) electrons. The van der Waals surface area contributed by atoms with E-state index in [1.165, 1.54) is 0 Å². The van der Waals surface area contributed by atoms with E-state index >= 15 is 0 Å². The molecule has 0 aliphatic carbocycles. The Kier molecular flexibility index (Phi) is 4.02. The molecule has 0 aliphatic rings. The molecule has 0 fully saturated rings. The zero-order chi connectivity index (χ0) is 13.8. The van der Waals surface area contributed by atoms with E-state index < -0.39 is 5.97 Å². The van der Waals surface area contributed by atoms with Crippen LogP contribution in [0.1, 0.15) is 16.1 Å².